The van der Waals surface area contributed by atoms with Gasteiger partial charge in [-0.05, 0) is 47.8 Å². The number of rotatable bonds is 3. The van der Waals surface area contributed by atoms with E-state index >= 15 is 0 Å². The SMILES string of the molecule is CC1(C(=O)O)CCCCC1Nc1cccc(Br)c1C#N. The summed E-state index contributed by atoms with van der Waals surface area (Å²) < 4.78 is 0.720. The fourth-order valence-corrected chi connectivity index (χ4v) is 3.22. The van der Waals surface area contributed by atoms with Gasteiger partial charge in [0.15, 0.2) is 0 Å². The van der Waals surface area contributed by atoms with Crippen LogP contribution in [-0.4, -0.2) is 17.1 Å². The molecule has 0 heterocycles. The number of nitrogens with zero attached hydrogens (tertiary/aromatic N) is 1. The van der Waals surface area contributed by atoms with Crippen LogP contribution >= 0.6 is 15.9 Å². The Morgan fingerprint density at radius 3 is 2.95 bits per heavy atom. The van der Waals surface area contributed by atoms with Crippen LogP contribution in [0, 0.1) is 16.7 Å². The summed E-state index contributed by atoms with van der Waals surface area (Å²) in [6.45, 7) is 1.79. The molecule has 5 heteroatoms. The Kier molecular flexibility index (Phi) is 4.34. The molecule has 0 saturated heterocycles. The molecule has 1 fully saturated rings. The van der Waals surface area contributed by atoms with E-state index in [1.54, 1.807) is 13.0 Å². The number of carboxylic acid groups (broad SMARTS) is 1. The molecule has 0 bridgehead atoms. The van der Waals surface area contributed by atoms with E-state index in [4.69, 9.17) is 0 Å². The lowest BCUT2D eigenvalue weighted by molar-refractivity contribution is -0.150. The second-order valence-corrected chi connectivity index (χ2v) is 6.29. The molecule has 0 amide bonds. The van der Waals surface area contributed by atoms with Gasteiger partial charge in [-0.3, -0.25) is 4.79 Å². The molecule has 2 rings (SSSR count). The smallest absolute Gasteiger partial charge is 0.311 e. The van der Waals surface area contributed by atoms with E-state index in [-0.39, 0.29) is 6.04 Å². The Bertz CT molecular complexity index is 567. The number of nitriles is 1. The summed E-state index contributed by atoms with van der Waals surface area (Å²) >= 11 is 3.35. The Hall–Kier alpha value is -1.54. The van der Waals surface area contributed by atoms with E-state index in [9.17, 15) is 15.2 Å². The first-order valence-corrected chi connectivity index (χ1v) is 7.47. The highest BCUT2D eigenvalue weighted by Crippen LogP contribution is 2.39. The van der Waals surface area contributed by atoms with Gasteiger partial charge < -0.3 is 10.4 Å². The van der Waals surface area contributed by atoms with Crippen LogP contribution < -0.4 is 5.32 Å². The molecule has 1 aromatic carbocycles. The maximum Gasteiger partial charge on any atom is 0.311 e. The summed E-state index contributed by atoms with van der Waals surface area (Å²) in [5.74, 6) is -0.775. The van der Waals surface area contributed by atoms with Gasteiger partial charge in [-0.25, -0.2) is 0 Å². The molecule has 1 saturated carbocycles. The first-order chi connectivity index (χ1) is 9.49. The largest absolute Gasteiger partial charge is 0.481 e. The second-order valence-electron chi connectivity index (χ2n) is 5.44. The third-order valence-corrected chi connectivity index (χ3v) is 4.81. The van der Waals surface area contributed by atoms with Crippen molar-refractivity contribution in [3.8, 4) is 6.07 Å². The van der Waals surface area contributed by atoms with Crippen LogP contribution in [0.1, 0.15) is 38.2 Å². The molecule has 0 radical (unpaired) electrons. The number of aliphatic carboxylic acids is 1. The number of carboxylic acids is 1. The van der Waals surface area contributed by atoms with E-state index in [0.29, 0.717) is 17.7 Å². The summed E-state index contributed by atoms with van der Waals surface area (Å²) in [6.07, 6.45) is 3.41. The van der Waals surface area contributed by atoms with Gasteiger partial charge in [0.1, 0.15) is 6.07 Å². The lowest BCUT2D eigenvalue weighted by Gasteiger charge is -2.39. The van der Waals surface area contributed by atoms with Gasteiger partial charge in [-0.15, -0.1) is 0 Å². The highest BCUT2D eigenvalue weighted by atomic mass is 79.9. The normalized spacial score (nSPS) is 25.8. The number of hydrogen-bond donors (Lipinski definition) is 2. The Labute approximate surface area is 126 Å². The number of benzene rings is 1. The second kappa shape index (κ2) is 5.84. The van der Waals surface area contributed by atoms with Crippen molar-refractivity contribution in [1.82, 2.24) is 0 Å². The first kappa shape index (κ1) is 14.9. The van der Waals surface area contributed by atoms with Gasteiger partial charge in [0.05, 0.1) is 16.7 Å². The van der Waals surface area contributed by atoms with Gasteiger partial charge in [0.25, 0.3) is 0 Å². The summed E-state index contributed by atoms with van der Waals surface area (Å²) in [4.78, 5) is 11.6. The molecule has 0 aromatic heterocycles. The maximum absolute atomic E-state index is 11.6. The molecule has 0 aliphatic heterocycles. The average molecular weight is 337 g/mol. The molecule has 20 heavy (non-hydrogen) atoms. The van der Waals surface area contributed by atoms with E-state index in [2.05, 4.69) is 27.3 Å². The van der Waals surface area contributed by atoms with Crippen LogP contribution in [0.3, 0.4) is 0 Å². The number of hydrogen-bond acceptors (Lipinski definition) is 3. The third-order valence-electron chi connectivity index (χ3n) is 4.15. The predicted molar refractivity (Wildman–Crippen MR) is 80.5 cm³/mol. The summed E-state index contributed by atoms with van der Waals surface area (Å²) in [6, 6.07) is 7.46. The van der Waals surface area contributed by atoms with Crippen molar-refractivity contribution in [3.05, 3.63) is 28.2 Å². The van der Waals surface area contributed by atoms with Crippen molar-refractivity contribution in [3.63, 3.8) is 0 Å². The molecule has 1 aliphatic carbocycles. The van der Waals surface area contributed by atoms with E-state index in [1.807, 2.05) is 12.1 Å². The average Bonchev–Trinajstić information content (AvgIpc) is 2.41. The van der Waals surface area contributed by atoms with Crippen LogP contribution in [0.15, 0.2) is 22.7 Å². The van der Waals surface area contributed by atoms with Crippen molar-refractivity contribution in [1.29, 1.82) is 5.26 Å². The van der Waals surface area contributed by atoms with Crippen molar-refractivity contribution in [2.24, 2.45) is 5.41 Å². The minimum absolute atomic E-state index is 0.157. The number of nitrogens with one attached hydrogen (secondary N) is 1. The quantitative estimate of drug-likeness (QED) is 0.881. The first-order valence-electron chi connectivity index (χ1n) is 6.67. The molecule has 2 unspecified atom stereocenters. The monoisotopic (exact) mass is 336 g/mol. The van der Waals surface area contributed by atoms with Crippen LogP contribution in [0.5, 0.6) is 0 Å². The van der Waals surface area contributed by atoms with E-state index in [0.717, 1.165) is 23.7 Å². The zero-order chi connectivity index (χ0) is 14.8. The fourth-order valence-electron chi connectivity index (χ4n) is 2.77. The van der Waals surface area contributed by atoms with Crippen LogP contribution in [0.4, 0.5) is 5.69 Å². The number of halogens is 1. The number of anilines is 1. The van der Waals surface area contributed by atoms with Gasteiger partial charge in [-0.1, -0.05) is 18.9 Å². The summed E-state index contributed by atoms with van der Waals surface area (Å²) in [7, 11) is 0. The van der Waals surface area contributed by atoms with Crippen molar-refractivity contribution >= 4 is 27.6 Å². The molecule has 1 aromatic rings. The van der Waals surface area contributed by atoms with Gasteiger partial charge in [0.2, 0.25) is 0 Å². The lowest BCUT2D eigenvalue weighted by atomic mass is 9.71. The minimum Gasteiger partial charge on any atom is -0.481 e. The van der Waals surface area contributed by atoms with E-state index in [1.165, 1.54) is 0 Å². The molecule has 1 aliphatic rings. The fraction of sp³-hybridized carbons (Fsp3) is 0.467. The van der Waals surface area contributed by atoms with Crippen LogP contribution in [0.25, 0.3) is 0 Å². The van der Waals surface area contributed by atoms with Gasteiger partial charge in [-0.2, -0.15) is 5.26 Å². The molecule has 0 spiro atoms. The van der Waals surface area contributed by atoms with Crippen molar-refractivity contribution in [2.45, 2.75) is 38.6 Å². The predicted octanol–water partition coefficient (Wildman–Crippen LogP) is 3.77. The Balaban J connectivity index is 2.31. The molecule has 2 N–H and O–H groups in total. The minimum atomic E-state index is -0.784. The Morgan fingerprint density at radius 1 is 1.55 bits per heavy atom. The van der Waals surface area contributed by atoms with E-state index < -0.39 is 11.4 Å². The summed E-state index contributed by atoms with van der Waals surface area (Å²) in [5, 5.41) is 22.0. The molecular weight excluding hydrogens is 320 g/mol. The van der Waals surface area contributed by atoms with Crippen LogP contribution in [-0.2, 0) is 4.79 Å². The maximum atomic E-state index is 11.6. The standard InChI is InChI=1S/C15H17BrN2O2/c1-15(14(19)20)8-3-2-7-13(15)18-12-6-4-5-11(16)10(12)9-17/h4-6,13,18H,2-3,7-8H2,1H3,(H,19,20). The molecule has 4 nitrogen and oxygen atoms in total. The van der Waals surface area contributed by atoms with Crippen molar-refractivity contribution < 1.29 is 9.90 Å². The third kappa shape index (κ3) is 2.66. The highest BCUT2D eigenvalue weighted by Gasteiger charge is 2.43. The highest BCUT2D eigenvalue weighted by molar-refractivity contribution is 9.10. The zero-order valence-electron chi connectivity index (χ0n) is 11.3. The zero-order valence-corrected chi connectivity index (χ0v) is 12.9. The molecule has 106 valence electrons. The van der Waals surface area contributed by atoms with Crippen LogP contribution in [0.2, 0.25) is 0 Å². The molecule has 2 atom stereocenters. The lowest BCUT2D eigenvalue weighted by Crippen LogP contribution is -2.46. The van der Waals surface area contributed by atoms with Gasteiger partial charge >= 0.3 is 5.97 Å². The topological polar surface area (TPSA) is 73.1 Å². The Morgan fingerprint density at radius 2 is 2.30 bits per heavy atom. The van der Waals surface area contributed by atoms with Gasteiger partial charge in [0, 0.05) is 10.5 Å². The molecular formula is C15H17BrN2O2. The number of carbonyl (C=O) groups is 1. The van der Waals surface area contributed by atoms with Crippen molar-refractivity contribution in [2.75, 3.05) is 5.32 Å². The summed E-state index contributed by atoms with van der Waals surface area (Å²) in [5.41, 5.74) is 0.430.